The number of benzene rings is 1. The first-order valence-electron chi connectivity index (χ1n) is 7.07. The summed E-state index contributed by atoms with van der Waals surface area (Å²) in [7, 11) is 0. The fraction of sp³-hybridized carbons (Fsp3) is 0.533. The molecular weight excluding hydrogens is 318 g/mol. The number of anilines is 1. The third-order valence-electron chi connectivity index (χ3n) is 3.32. The lowest BCUT2D eigenvalue weighted by Gasteiger charge is -2.16. The molecule has 0 aliphatic carbocycles. The van der Waals surface area contributed by atoms with Crippen LogP contribution in [0.5, 0.6) is 0 Å². The van der Waals surface area contributed by atoms with Gasteiger partial charge in [-0.25, -0.2) is 13.6 Å². The summed E-state index contributed by atoms with van der Waals surface area (Å²) >= 11 is 0. The van der Waals surface area contributed by atoms with E-state index in [9.17, 15) is 22.4 Å². The first-order valence-corrected chi connectivity index (χ1v) is 7.07. The molecule has 2 atom stereocenters. The van der Waals surface area contributed by atoms with Gasteiger partial charge < -0.3 is 14.8 Å². The number of nitrogens with one attached hydrogen (secondary N) is 1. The van der Waals surface area contributed by atoms with E-state index in [1.165, 1.54) is 0 Å². The Balaban J connectivity index is 1.89. The Hall–Kier alpha value is -1.83. The molecule has 0 spiro atoms. The molecule has 1 aliphatic rings. The van der Waals surface area contributed by atoms with Crippen LogP contribution in [0, 0.1) is 0 Å². The van der Waals surface area contributed by atoms with Gasteiger partial charge in [0.05, 0.1) is 6.61 Å². The van der Waals surface area contributed by atoms with Gasteiger partial charge in [0.15, 0.2) is 0 Å². The van der Waals surface area contributed by atoms with Gasteiger partial charge in [0.2, 0.25) is 0 Å². The van der Waals surface area contributed by atoms with Crippen LogP contribution < -0.4 is 5.32 Å². The monoisotopic (exact) mass is 335 g/mol. The Morgan fingerprint density at radius 1 is 1.43 bits per heavy atom. The lowest BCUT2D eigenvalue weighted by atomic mass is 10.1. The Morgan fingerprint density at radius 2 is 2.17 bits per heavy atom. The number of rotatable bonds is 7. The van der Waals surface area contributed by atoms with Crippen molar-refractivity contribution in [1.82, 2.24) is 0 Å². The molecule has 0 amide bonds. The van der Waals surface area contributed by atoms with Crippen molar-refractivity contribution < 1.29 is 31.8 Å². The first-order chi connectivity index (χ1) is 10.8. The number of carbonyl (C=O) groups is 1. The topological polar surface area (TPSA) is 47.6 Å². The Morgan fingerprint density at radius 3 is 2.78 bits per heavy atom. The molecule has 1 fully saturated rings. The highest BCUT2D eigenvalue weighted by Crippen LogP contribution is 2.24. The second-order valence-electron chi connectivity index (χ2n) is 5.44. The quantitative estimate of drug-likeness (QED) is 0.614. The van der Waals surface area contributed by atoms with Crippen molar-refractivity contribution in [2.24, 2.45) is 0 Å². The molecule has 1 aromatic carbocycles. The minimum absolute atomic E-state index is 0.164. The molecule has 2 rings (SSSR count). The summed E-state index contributed by atoms with van der Waals surface area (Å²) in [5.41, 5.74) is 1.13. The van der Waals surface area contributed by atoms with Crippen molar-refractivity contribution in [3.05, 3.63) is 29.8 Å². The van der Waals surface area contributed by atoms with Crippen LogP contribution in [0.3, 0.4) is 0 Å². The summed E-state index contributed by atoms with van der Waals surface area (Å²) in [6.07, 6.45) is -3.39. The maximum atomic E-state index is 12.7. The van der Waals surface area contributed by atoms with Crippen LogP contribution in [-0.4, -0.2) is 37.1 Å². The zero-order chi connectivity index (χ0) is 17.0. The highest BCUT2D eigenvalue weighted by atomic mass is 19.3. The number of cyclic esters (lactones) is 1. The zero-order valence-electron chi connectivity index (χ0n) is 12.4. The maximum absolute atomic E-state index is 12.7. The van der Waals surface area contributed by atoms with Crippen molar-refractivity contribution in [2.75, 3.05) is 11.9 Å². The number of carbonyl (C=O) groups excluding carboxylic acids is 1. The average Bonchev–Trinajstić information content (AvgIpc) is 2.77. The summed E-state index contributed by atoms with van der Waals surface area (Å²) < 4.78 is 59.2. The van der Waals surface area contributed by atoms with Crippen molar-refractivity contribution in [1.29, 1.82) is 0 Å². The number of halogens is 4. The minimum Gasteiger partial charge on any atom is -0.461 e. The van der Waals surface area contributed by atoms with Crippen LogP contribution in [-0.2, 0) is 20.9 Å². The van der Waals surface area contributed by atoms with Gasteiger partial charge in [0, 0.05) is 12.1 Å². The largest absolute Gasteiger partial charge is 0.461 e. The van der Waals surface area contributed by atoms with Crippen LogP contribution >= 0.6 is 0 Å². The second-order valence-corrected chi connectivity index (χ2v) is 5.44. The molecule has 1 N–H and O–H groups in total. The molecule has 1 saturated heterocycles. The van der Waals surface area contributed by atoms with Crippen LogP contribution in [0.25, 0.3) is 0 Å². The Kier molecular flexibility index (Phi) is 5.46. The molecule has 128 valence electrons. The number of alkyl halides is 4. The predicted molar refractivity (Wildman–Crippen MR) is 74.6 cm³/mol. The van der Waals surface area contributed by atoms with Gasteiger partial charge in [-0.15, -0.1) is 0 Å². The highest BCUT2D eigenvalue weighted by molar-refractivity contribution is 5.81. The van der Waals surface area contributed by atoms with Crippen LogP contribution in [0.4, 0.5) is 23.2 Å². The third-order valence-corrected chi connectivity index (χ3v) is 3.32. The first kappa shape index (κ1) is 17.5. The summed E-state index contributed by atoms with van der Waals surface area (Å²) in [5.74, 6) is -4.52. The molecular formula is C15H17F4NO3. The predicted octanol–water partition coefficient (Wildman–Crippen LogP) is 3.22. The molecule has 0 aromatic heterocycles. The Bertz CT molecular complexity index is 553. The fourth-order valence-electron chi connectivity index (χ4n) is 2.19. The fourth-order valence-corrected chi connectivity index (χ4v) is 2.19. The van der Waals surface area contributed by atoms with Crippen LogP contribution in [0.2, 0.25) is 0 Å². The normalized spacial score (nSPS) is 21.6. The van der Waals surface area contributed by atoms with Gasteiger partial charge in [-0.1, -0.05) is 12.1 Å². The van der Waals surface area contributed by atoms with E-state index < -0.39 is 25.0 Å². The number of esters is 1. The number of hydrogen-bond acceptors (Lipinski definition) is 4. The van der Waals surface area contributed by atoms with Gasteiger partial charge >= 0.3 is 18.3 Å². The SMILES string of the molecule is C[C@@H]1C[C@H](Nc2cccc(COCC(F)(F)C(F)F)c2)C(=O)O1. The van der Waals surface area contributed by atoms with Crippen molar-refractivity contribution in [3.8, 4) is 0 Å². The van der Waals surface area contributed by atoms with E-state index >= 15 is 0 Å². The van der Waals surface area contributed by atoms with E-state index in [4.69, 9.17) is 4.74 Å². The van der Waals surface area contributed by atoms with Gasteiger partial charge in [-0.2, -0.15) is 8.78 Å². The van der Waals surface area contributed by atoms with Gasteiger partial charge in [0.25, 0.3) is 0 Å². The summed E-state index contributed by atoms with van der Waals surface area (Å²) in [5, 5.41) is 2.99. The molecule has 0 saturated carbocycles. The minimum atomic E-state index is -4.17. The van der Waals surface area contributed by atoms with E-state index in [-0.39, 0.29) is 18.7 Å². The lowest BCUT2D eigenvalue weighted by molar-refractivity contribution is -0.168. The molecule has 0 bridgehead atoms. The molecule has 1 aliphatic heterocycles. The van der Waals surface area contributed by atoms with Crippen molar-refractivity contribution in [2.45, 2.75) is 44.4 Å². The highest BCUT2D eigenvalue weighted by Gasteiger charge is 2.40. The Labute approximate surface area is 130 Å². The van der Waals surface area contributed by atoms with E-state index in [2.05, 4.69) is 10.1 Å². The van der Waals surface area contributed by atoms with Crippen LogP contribution in [0.15, 0.2) is 24.3 Å². The standard InChI is InChI=1S/C15H17F4NO3/c1-9-5-12(13(21)23-9)20-11-4-2-3-10(6-11)7-22-8-15(18,19)14(16)17/h2-4,6,9,12,14,20H,5,7-8H2,1H3/t9-,12+/m1/s1. The second kappa shape index (κ2) is 7.16. The summed E-state index contributed by atoms with van der Waals surface area (Å²) in [6.45, 7) is 0.200. The third kappa shape index (κ3) is 4.82. The molecule has 1 aromatic rings. The molecule has 23 heavy (non-hydrogen) atoms. The average molecular weight is 335 g/mol. The van der Waals surface area contributed by atoms with E-state index in [1.807, 2.05) is 0 Å². The molecule has 8 heteroatoms. The zero-order valence-corrected chi connectivity index (χ0v) is 12.4. The summed E-state index contributed by atoms with van der Waals surface area (Å²) in [4.78, 5) is 11.6. The van der Waals surface area contributed by atoms with Crippen molar-refractivity contribution in [3.63, 3.8) is 0 Å². The molecule has 0 radical (unpaired) electrons. The number of ether oxygens (including phenoxy) is 2. The molecule has 4 nitrogen and oxygen atoms in total. The van der Waals surface area contributed by atoms with E-state index in [0.29, 0.717) is 17.7 Å². The van der Waals surface area contributed by atoms with Gasteiger partial charge in [-0.3, -0.25) is 0 Å². The van der Waals surface area contributed by atoms with E-state index in [0.717, 1.165) is 0 Å². The lowest BCUT2D eigenvalue weighted by Crippen LogP contribution is -2.32. The van der Waals surface area contributed by atoms with Crippen molar-refractivity contribution >= 4 is 11.7 Å². The van der Waals surface area contributed by atoms with E-state index in [1.54, 1.807) is 31.2 Å². The molecule has 1 heterocycles. The van der Waals surface area contributed by atoms with Gasteiger partial charge in [0.1, 0.15) is 18.8 Å². The summed E-state index contributed by atoms with van der Waals surface area (Å²) in [6, 6.07) is 6.10. The molecule has 0 unspecified atom stereocenters. The van der Waals surface area contributed by atoms with Gasteiger partial charge in [-0.05, 0) is 24.6 Å². The maximum Gasteiger partial charge on any atom is 0.330 e. The number of hydrogen-bond donors (Lipinski definition) is 1. The van der Waals surface area contributed by atoms with Crippen LogP contribution in [0.1, 0.15) is 18.9 Å². The smallest absolute Gasteiger partial charge is 0.330 e.